The Morgan fingerprint density at radius 3 is 3.00 bits per heavy atom. The molecule has 2 N–H and O–H groups in total. The van der Waals surface area contributed by atoms with E-state index in [0.717, 1.165) is 0 Å². The second kappa shape index (κ2) is 2.55. The molecule has 1 aromatic heterocycles. The van der Waals surface area contributed by atoms with Gasteiger partial charge in [-0.05, 0) is 12.1 Å². The van der Waals surface area contributed by atoms with Crippen LogP contribution in [0, 0.1) is 0 Å². The van der Waals surface area contributed by atoms with Crippen LogP contribution in [0.2, 0.25) is 0 Å². The van der Waals surface area contributed by atoms with E-state index in [1.807, 2.05) is 0 Å². The monoisotopic (exact) mass is 179 g/mol. The van der Waals surface area contributed by atoms with E-state index in [-0.39, 0.29) is 16.0 Å². The number of aromatic nitrogens is 2. The van der Waals surface area contributed by atoms with Crippen LogP contribution in [0.4, 0.5) is 4.48 Å². The van der Waals surface area contributed by atoms with Gasteiger partial charge in [0, 0.05) is 5.39 Å². The Labute approximate surface area is 72.7 Å². The number of hydrogen-bond donors (Lipinski definition) is 1. The van der Waals surface area contributed by atoms with E-state index in [1.54, 1.807) is 6.07 Å². The molecule has 1 heterocycles. The third-order valence-electron chi connectivity index (χ3n) is 1.84. The first-order valence-corrected chi connectivity index (χ1v) is 3.63. The maximum atomic E-state index is 12.8. The molecule has 0 atom stereocenters. The predicted molar refractivity (Wildman–Crippen MR) is 44.8 cm³/mol. The molecule has 0 saturated carbocycles. The Hall–Kier alpha value is -1.91. The molecular weight excluding hydrogens is 173 g/mol. The molecule has 4 nitrogen and oxygen atoms in total. The van der Waals surface area contributed by atoms with Gasteiger partial charge in [0.05, 0.1) is 11.8 Å². The Morgan fingerprint density at radius 1 is 1.54 bits per heavy atom. The zero-order valence-electron chi connectivity index (χ0n) is 6.57. The lowest BCUT2D eigenvalue weighted by Crippen LogP contribution is -2.10. The summed E-state index contributed by atoms with van der Waals surface area (Å²) in [4.78, 5) is 11.1. The van der Waals surface area contributed by atoms with Crippen LogP contribution in [-0.2, 0) is 0 Å². The van der Waals surface area contributed by atoms with Crippen LogP contribution in [0.1, 0.15) is 10.4 Å². The van der Waals surface area contributed by atoms with E-state index >= 15 is 0 Å². The highest BCUT2D eigenvalue weighted by atomic mass is 19.2. The fraction of sp³-hybridized carbons (Fsp3) is 0. The summed E-state index contributed by atoms with van der Waals surface area (Å²) in [5, 5.41) is 3.81. The van der Waals surface area contributed by atoms with Crippen molar-refractivity contribution in [3.63, 3.8) is 0 Å². The Morgan fingerprint density at radius 2 is 2.31 bits per heavy atom. The molecule has 0 saturated heterocycles. The first kappa shape index (κ1) is 7.72. The topological polar surface area (TPSA) is 60.9 Å². The van der Waals surface area contributed by atoms with Crippen molar-refractivity contribution in [1.82, 2.24) is 10.0 Å². The van der Waals surface area contributed by atoms with Crippen molar-refractivity contribution in [2.24, 2.45) is 5.73 Å². The number of amides is 1. The van der Waals surface area contributed by atoms with Crippen LogP contribution in [-0.4, -0.2) is 15.9 Å². The molecule has 0 radical (unpaired) electrons. The van der Waals surface area contributed by atoms with E-state index in [4.69, 9.17) is 5.73 Å². The maximum absolute atomic E-state index is 12.8. The number of fused-ring (bicyclic) bond motifs is 1. The molecule has 2 aromatic rings. The smallest absolute Gasteiger partial charge is 0.249 e. The average Bonchev–Trinajstić information content (AvgIpc) is 2.48. The van der Waals surface area contributed by atoms with Crippen LogP contribution in [0.25, 0.3) is 10.9 Å². The highest BCUT2D eigenvalue weighted by Crippen LogP contribution is 2.17. The van der Waals surface area contributed by atoms with Gasteiger partial charge in [-0.2, -0.15) is 0 Å². The number of nitrogens with zero attached hydrogens (tertiary/aromatic N) is 2. The van der Waals surface area contributed by atoms with Gasteiger partial charge in [0.15, 0.2) is 0 Å². The van der Waals surface area contributed by atoms with Gasteiger partial charge < -0.3 is 5.73 Å². The van der Waals surface area contributed by atoms with Crippen LogP contribution < -0.4 is 5.73 Å². The number of nitrogens with two attached hydrogens (primary N) is 1. The summed E-state index contributed by atoms with van der Waals surface area (Å²) in [6, 6.07) is 4.61. The van der Waals surface area contributed by atoms with Crippen LogP contribution in [0.5, 0.6) is 0 Å². The van der Waals surface area contributed by atoms with Gasteiger partial charge in [0.25, 0.3) is 0 Å². The molecule has 0 aliphatic carbocycles. The summed E-state index contributed by atoms with van der Waals surface area (Å²) in [5.74, 6) is -0.585. The molecule has 1 amide bonds. The summed E-state index contributed by atoms with van der Waals surface area (Å²) in [7, 11) is 0. The number of hydrogen-bond acceptors (Lipinski definition) is 2. The molecule has 66 valence electrons. The second-order valence-electron chi connectivity index (χ2n) is 2.61. The fourth-order valence-electron chi connectivity index (χ4n) is 1.24. The molecule has 0 aliphatic heterocycles. The van der Waals surface area contributed by atoms with Gasteiger partial charge in [-0.25, -0.2) is 0 Å². The van der Waals surface area contributed by atoms with Crippen LogP contribution in [0.3, 0.4) is 0 Å². The summed E-state index contributed by atoms with van der Waals surface area (Å²) < 4.78 is 12.8. The van der Waals surface area contributed by atoms with Crippen LogP contribution in [0.15, 0.2) is 24.4 Å². The van der Waals surface area contributed by atoms with E-state index in [2.05, 4.69) is 5.10 Å². The number of benzene rings is 1. The van der Waals surface area contributed by atoms with E-state index in [1.165, 1.54) is 18.3 Å². The van der Waals surface area contributed by atoms with Gasteiger partial charge in [-0.1, -0.05) is 15.5 Å². The quantitative estimate of drug-likeness (QED) is 0.705. The standard InChI is InChI=1S/C8H6FN3O/c9-12-7-3-1-2-5(8(10)13)6(7)4-11-12/h1-4H,(H2,10,13). The molecule has 2 rings (SSSR count). The number of rotatable bonds is 1. The minimum absolute atomic E-state index is 0.210. The van der Waals surface area contributed by atoms with Gasteiger partial charge in [-0.15, -0.1) is 5.10 Å². The van der Waals surface area contributed by atoms with Crippen molar-refractivity contribution in [1.29, 1.82) is 0 Å². The lowest BCUT2D eigenvalue weighted by Gasteiger charge is -1.95. The molecular formula is C8H6FN3O. The third-order valence-corrected chi connectivity index (χ3v) is 1.84. The summed E-state index contributed by atoms with van der Waals surface area (Å²) in [6.45, 7) is 0. The molecule has 1 aromatic carbocycles. The zero-order valence-corrected chi connectivity index (χ0v) is 6.57. The van der Waals surface area contributed by atoms with E-state index in [9.17, 15) is 9.28 Å². The van der Waals surface area contributed by atoms with Crippen LogP contribution >= 0.6 is 0 Å². The predicted octanol–water partition coefficient (Wildman–Crippen LogP) is 0.868. The van der Waals surface area contributed by atoms with Gasteiger partial charge >= 0.3 is 0 Å². The first-order chi connectivity index (χ1) is 6.20. The van der Waals surface area contributed by atoms with Crippen molar-refractivity contribution in [3.05, 3.63) is 30.0 Å². The van der Waals surface area contributed by atoms with Crippen molar-refractivity contribution >= 4 is 16.8 Å². The Balaban J connectivity index is 2.84. The number of carbonyl (C=O) groups excluding carboxylic acids is 1. The lowest BCUT2D eigenvalue weighted by atomic mass is 10.1. The van der Waals surface area contributed by atoms with Gasteiger partial charge in [-0.3, -0.25) is 4.79 Å². The molecule has 5 heteroatoms. The molecule has 0 spiro atoms. The lowest BCUT2D eigenvalue weighted by molar-refractivity contribution is 0.100. The fourth-order valence-corrected chi connectivity index (χ4v) is 1.24. The first-order valence-electron chi connectivity index (χ1n) is 3.63. The average molecular weight is 179 g/mol. The van der Waals surface area contributed by atoms with Crippen molar-refractivity contribution in [2.75, 3.05) is 0 Å². The van der Waals surface area contributed by atoms with Crippen molar-refractivity contribution < 1.29 is 9.28 Å². The zero-order chi connectivity index (χ0) is 9.42. The minimum Gasteiger partial charge on any atom is -0.366 e. The van der Waals surface area contributed by atoms with Gasteiger partial charge in [0.1, 0.15) is 5.52 Å². The Kier molecular flexibility index (Phi) is 1.51. The molecule has 0 bridgehead atoms. The SMILES string of the molecule is NC(=O)c1cccc2c1cnn2F. The normalized spacial score (nSPS) is 10.5. The largest absolute Gasteiger partial charge is 0.366 e. The molecule has 0 fully saturated rings. The highest BCUT2D eigenvalue weighted by Gasteiger charge is 2.09. The Bertz CT molecular complexity index is 477. The van der Waals surface area contributed by atoms with Crippen molar-refractivity contribution in [3.8, 4) is 0 Å². The summed E-state index contributed by atoms with van der Waals surface area (Å²) >= 11 is 0. The number of halogens is 1. The minimum atomic E-state index is -0.585. The summed E-state index contributed by atoms with van der Waals surface area (Å²) in [6.07, 6.45) is 1.27. The van der Waals surface area contributed by atoms with Gasteiger partial charge in [0.2, 0.25) is 5.91 Å². The number of carbonyl (C=O) groups is 1. The molecule has 13 heavy (non-hydrogen) atoms. The molecule has 0 aliphatic rings. The third kappa shape index (κ3) is 1.05. The number of primary amides is 1. The summed E-state index contributed by atoms with van der Waals surface area (Å²) in [5.41, 5.74) is 5.62. The highest BCUT2D eigenvalue weighted by molar-refractivity contribution is 6.05. The molecule has 0 unspecified atom stereocenters. The second-order valence-corrected chi connectivity index (χ2v) is 2.61. The van der Waals surface area contributed by atoms with E-state index < -0.39 is 5.91 Å². The van der Waals surface area contributed by atoms with E-state index in [0.29, 0.717) is 5.39 Å². The van der Waals surface area contributed by atoms with Crippen molar-refractivity contribution in [2.45, 2.75) is 0 Å². The maximum Gasteiger partial charge on any atom is 0.249 e.